The number of carboxylic acid groups (broad SMARTS) is 1. The van der Waals surface area contributed by atoms with E-state index >= 15 is 0 Å². The van der Waals surface area contributed by atoms with Crippen molar-refractivity contribution in [1.82, 2.24) is 9.97 Å². The van der Waals surface area contributed by atoms with Crippen molar-refractivity contribution >= 4 is 27.5 Å². The zero-order chi connectivity index (χ0) is 15.0. The highest BCUT2D eigenvalue weighted by Gasteiger charge is 2.15. The molecule has 0 spiro atoms. The molecule has 0 unspecified atom stereocenters. The molecule has 2 aromatic heterocycles. The molecule has 106 valence electrons. The molecule has 0 fully saturated rings. The minimum Gasteiger partial charge on any atom is -0.497 e. The van der Waals surface area contributed by atoms with Gasteiger partial charge in [-0.3, -0.25) is 4.79 Å². The number of rotatable bonds is 3. The van der Waals surface area contributed by atoms with E-state index in [1.54, 1.807) is 24.6 Å². The molecule has 0 aliphatic carbocycles. The Morgan fingerprint density at radius 3 is 2.67 bits per heavy atom. The molecule has 0 atom stereocenters. The van der Waals surface area contributed by atoms with Gasteiger partial charge in [0.25, 0.3) is 5.56 Å². The topological polar surface area (TPSA) is 92.3 Å². The van der Waals surface area contributed by atoms with Crippen molar-refractivity contribution in [3.8, 4) is 16.9 Å². The molecule has 0 aliphatic heterocycles. The minimum absolute atomic E-state index is 0.351. The van der Waals surface area contributed by atoms with Crippen LogP contribution in [-0.4, -0.2) is 28.2 Å². The number of hydrogen-bond donors (Lipinski definition) is 2. The predicted molar refractivity (Wildman–Crippen MR) is 79.2 cm³/mol. The number of methoxy groups -OCH3 is 1. The average molecular weight is 302 g/mol. The summed E-state index contributed by atoms with van der Waals surface area (Å²) < 4.78 is 5.10. The molecule has 3 aromatic rings. The molecule has 0 aliphatic rings. The number of nitrogens with one attached hydrogen (secondary N) is 1. The van der Waals surface area contributed by atoms with Crippen LogP contribution in [0.2, 0.25) is 0 Å². The predicted octanol–water partition coefficient (Wildman–Crippen LogP) is 2.36. The van der Waals surface area contributed by atoms with Crippen LogP contribution in [0.3, 0.4) is 0 Å². The van der Waals surface area contributed by atoms with Crippen molar-refractivity contribution < 1.29 is 14.6 Å². The number of fused-ring (bicyclic) bond motifs is 1. The summed E-state index contributed by atoms with van der Waals surface area (Å²) in [5.41, 5.74) is 1.12. The van der Waals surface area contributed by atoms with Crippen molar-refractivity contribution in [2.45, 2.75) is 0 Å². The van der Waals surface area contributed by atoms with Gasteiger partial charge in [0.05, 0.1) is 12.5 Å². The third-order valence-electron chi connectivity index (χ3n) is 3.05. The highest BCUT2D eigenvalue weighted by Crippen LogP contribution is 2.31. The fourth-order valence-corrected chi connectivity index (χ4v) is 2.98. The second-order valence-corrected chi connectivity index (χ2v) is 5.14. The normalized spacial score (nSPS) is 10.7. The summed E-state index contributed by atoms with van der Waals surface area (Å²) in [4.78, 5) is 29.7. The summed E-state index contributed by atoms with van der Waals surface area (Å²) >= 11 is 1.24. The molecule has 7 heteroatoms. The zero-order valence-electron chi connectivity index (χ0n) is 10.9. The van der Waals surface area contributed by atoms with Gasteiger partial charge in [0.2, 0.25) is 5.82 Å². The molecule has 0 amide bonds. The van der Waals surface area contributed by atoms with Crippen molar-refractivity contribution in [3.05, 3.63) is 45.8 Å². The summed E-state index contributed by atoms with van der Waals surface area (Å²) in [6.45, 7) is 0. The first-order valence-electron chi connectivity index (χ1n) is 5.99. The maximum absolute atomic E-state index is 12.1. The van der Waals surface area contributed by atoms with Crippen molar-refractivity contribution in [3.63, 3.8) is 0 Å². The number of aromatic carboxylic acids is 1. The number of aromatic amines is 1. The van der Waals surface area contributed by atoms with Crippen LogP contribution in [0, 0.1) is 0 Å². The molecular formula is C14H10N2O4S. The lowest BCUT2D eigenvalue weighted by Crippen LogP contribution is -2.14. The highest BCUT2D eigenvalue weighted by atomic mass is 32.1. The average Bonchev–Trinajstić information content (AvgIpc) is 2.91. The Bertz CT molecular complexity index is 880. The molecule has 0 bridgehead atoms. The van der Waals surface area contributed by atoms with Gasteiger partial charge >= 0.3 is 5.97 Å². The first kappa shape index (κ1) is 13.3. The van der Waals surface area contributed by atoms with Gasteiger partial charge in [0.1, 0.15) is 10.6 Å². The number of aromatic nitrogens is 2. The van der Waals surface area contributed by atoms with Crippen molar-refractivity contribution in [1.29, 1.82) is 0 Å². The number of carbonyl (C=O) groups is 1. The van der Waals surface area contributed by atoms with Crippen LogP contribution in [0.4, 0.5) is 0 Å². The smallest absolute Gasteiger partial charge is 0.372 e. The van der Waals surface area contributed by atoms with Crippen LogP contribution >= 0.6 is 11.3 Å². The number of ether oxygens (including phenoxy) is 1. The van der Waals surface area contributed by atoms with Gasteiger partial charge < -0.3 is 14.8 Å². The van der Waals surface area contributed by atoms with Gasteiger partial charge in [-0.25, -0.2) is 9.78 Å². The molecule has 3 rings (SSSR count). The molecule has 1 aromatic carbocycles. The third kappa shape index (κ3) is 2.27. The number of H-pyrrole nitrogens is 1. The monoisotopic (exact) mass is 302 g/mol. The van der Waals surface area contributed by atoms with Gasteiger partial charge in [0, 0.05) is 10.9 Å². The summed E-state index contributed by atoms with van der Waals surface area (Å²) in [6, 6.07) is 7.27. The number of thiophene rings is 1. The van der Waals surface area contributed by atoms with E-state index in [0.717, 1.165) is 16.9 Å². The molecule has 6 nitrogen and oxygen atoms in total. The van der Waals surface area contributed by atoms with Crippen LogP contribution in [0.15, 0.2) is 34.4 Å². The first-order valence-corrected chi connectivity index (χ1v) is 6.87. The lowest BCUT2D eigenvalue weighted by atomic mass is 10.1. The van der Waals surface area contributed by atoms with E-state index < -0.39 is 11.5 Å². The molecule has 2 N–H and O–H groups in total. The van der Waals surface area contributed by atoms with Crippen LogP contribution in [0.5, 0.6) is 5.75 Å². The van der Waals surface area contributed by atoms with Crippen LogP contribution in [0.1, 0.15) is 10.6 Å². The maximum Gasteiger partial charge on any atom is 0.372 e. The van der Waals surface area contributed by atoms with E-state index in [1.807, 2.05) is 12.1 Å². The highest BCUT2D eigenvalue weighted by molar-refractivity contribution is 7.17. The molecule has 21 heavy (non-hydrogen) atoms. The minimum atomic E-state index is -1.26. The SMILES string of the molecule is COc1ccc(-c2csc3nc(C(=O)O)[nH]c(=O)c23)cc1. The van der Waals surface area contributed by atoms with Crippen LogP contribution in [0.25, 0.3) is 21.3 Å². The standard InChI is InChI=1S/C14H10N2O4S/c1-20-8-4-2-7(3-5-8)9-6-21-13-10(9)12(17)15-11(16-13)14(18)19/h2-6H,1H3,(H,18,19)(H,15,16,17). The Kier molecular flexibility index (Phi) is 3.19. The summed E-state index contributed by atoms with van der Waals surface area (Å²) in [5.74, 6) is -0.887. The van der Waals surface area contributed by atoms with E-state index in [4.69, 9.17) is 9.84 Å². The number of hydrogen-bond acceptors (Lipinski definition) is 5. The van der Waals surface area contributed by atoms with Gasteiger partial charge in [-0.2, -0.15) is 0 Å². The lowest BCUT2D eigenvalue weighted by molar-refractivity contribution is 0.0683. The summed E-state index contributed by atoms with van der Waals surface area (Å²) in [7, 11) is 1.58. The number of benzene rings is 1. The fraction of sp³-hybridized carbons (Fsp3) is 0.0714. The van der Waals surface area contributed by atoms with E-state index in [1.165, 1.54) is 11.3 Å². The Labute approximate surface area is 122 Å². The Morgan fingerprint density at radius 2 is 2.05 bits per heavy atom. The fourth-order valence-electron chi connectivity index (χ4n) is 2.03. The van der Waals surface area contributed by atoms with Crippen LogP contribution < -0.4 is 10.3 Å². The quantitative estimate of drug-likeness (QED) is 0.775. The summed E-state index contributed by atoms with van der Waals surface area (Å²) in [5, 5.41) is 11.1. The largest absolute Gasteiger partial charge is 0.497 e. The molecule has 0 saturated heterocycles. The molecular weight excluding hydrogens is 292 g/mol. The van der Waals surface area contributed by atoms with E-state index in [2.05, 4.69) is 9.97 Å². The number of nitrogens with zero attached hydrogens (tertiary/aromatic N) is 1. The third-order valence-corrected chi connectivity index (χ3v) is 3.92. The molecule has 2 heterocycles. The lowest BCUT2D eigenvalue weighted by Gasteiger charge is -2.02. The van der Waals surface area contributed by atoms with Crippen molar-refractivity contribution in [2.75, 3.05) is 7.11 Å². The van der Waals surface area contributed by atoms with E-state index in [0.29, 0.717) is 10.2 Å². The van der Waals surface area contributed by atoms with Gasteiger partial charge in [0.15, 0.2) is 0 Å². The molecule has 0 radical (unpaired) electrons. The zero-order valence-corrected chi connectivity index (χ0v) is 11.7. The van der Waals surface area contributed by atoms with Gasteiger partial charge in [-0.15, -0.1) is 11.3 Å². The van der Waals surface area contributed by atoms with Crippen LogP contribution in [-0.2, 0) is 0 Å². The Balaban J connectivity index is 2.20. The Hall–Kier alpha value is -2.67. The first-order chi connectivity index (χ1) is 10.1. The second kappa shape index (κ2) is 5.02. The van der Waals surface area contributed by atoms with Gasteiger partial charge in [-0.05, 0) is 17.7 Å². The summed E-state index contributed by atoms with van der Waals surface area (Å²) in [6.07, 6.45) is 0. The van der Waals surface area contributed by atoms with Crippen molar-refractivity contribution in [2.24, 2.45) is 0 Å². The van der Waals surface area contributed by atoms with E-state index in [9.17, 15) is 9.59 Å². The Morgan fingerprint density at radius 1 is 1.33 bits per heavy atom. The maximum atomic E-state index is 12.1. The van der Waals surface area contributed by atoms with Gasteiger partial charge in [-0.1, -0.05) is 12.1 Å². The number of carboxylic acids is 1. The molecule has 0 saturated carbocycles. The van der Waals surface area contributed by atoms with E-state index in [-0.39, 0.29) is 5.82 Å². The second-order valence-electron chi connectivity index (χ2n) is 4.28.